The normalized spacial score (nSPS) is 18.4. The predicted octanol–water partition coefficient (Wildman–Crippen LogP) is 1.97. The van der Waals surface area contributed by atoms with Gasteiger partial charge in [-0.2, -0.15) is 0 Å². The van der Waals surface area contributed by atoms with Crippen LogP contribution in [0.15, 0.2) is 23.7 Å². The highest BCUT2D eigenvalue weighted by molar-refractivity contribution is 7.09. The molecule has 0 bridgehead atoms. The number of thiophene rings is 1. The topological polar surface area (TPSA) is 95.7 Å². The molecule has 0 aromatic carbocycles. The molecule has 9 heteroatoms. The third kappa shape index (κ3) is 3.30. The first kappa shape index (κ1) is 18.7. The number of fused-ring (bicyclic) bond motifs is 1. The Morgan fingerprint density at radius 1 is 1.36 bits per heavy atom. The molecule has 4 rings (SSSR count). The van der Waals surface area contributed by atoms with Crippen LogP contribution >= 0.6 is 11.3 Å². The van der Waals surface area contributed by atoms with Gasteiger partial charge in [0.25, 0.3) is 0 Å². The van der Waals surface area contributed by atoms with E-state index < -0.39 is 11.9 Å². The summed E-state index contributed by atoms with van der Waals surface area (Å²) in [6.45, 7) is 3.28. The van der Waals surface area contributed by atoms with Crippen molar-refractivity contribution >= 4 is 29.2 Å². The van der Waals surface area contributed by atoms with E-state index in [2.05, 4.69) is 4.98 Å². The molecule has 0 aliphatic carbocycles. The number of hydrogen-bond donors (Lipinski definition) is 1. The monoisotopic (exact) mass is 402 g/mol. The number of imidazole rings is 1. The van der Waals surface area contributed by atoms with Gasteiger partial charge in [-0.05, 0) is 31.2 Å². The molecular weight excluding hydrogens is 380 g/mol. The second-order valence-electron chi connectivity index (χ2n) is 7.27. The quantitative estimate of drug-likeness (QED) is 0.772. The van der Waals surface area contributed by atoms with Gasteiger partial charge in [0.15, 0.2) is 0 Å². The lowest BCUT2D eigenvalue weighted by Crippen LogP contribution is -2.49. The van der Waals surface area contributed by atoms with Gasteiger partial charge in [-0.1, -0.05) is 6.07 Å². The molecule has 2 aromatic heterocycles. The molecule has 0 radical (unpaired) electrons. The highest BCUT2D eigenvalue weighted by Gasteiger charge is 2.38. The van der Waals surface area contributed by atoms with Crippen molar-refractivity contribution in [2.45, 2.75) is 38.8 Å². The fraction of sp³-hybridized carbons (Fsp3) is 0.474. The zero-order valence-corrected chi connectivity index (χ0v) is 16.4. The number of amides is 2. The number of piperidine rings is 1. The van der Waals surface area contributed by atoms with Gasteiger partial charge in [0.05, 0.1) is 18.4 Å². The maximum Gasteiger partial charge on any atom is 0.330 e. The minimum atomic E-state index is -1.09. The van der Waals surface area contributed by atoms with Crippen LogP contribution in [0.1, 0.15) is 29.2 Å². The Morgan fingerprint density at radius 3 is 2.71 bits per heavy atom. The van der Waals surface area contributed by atoms with E-state index in [1.807, 2.05) is 29.3 Å². The van der Waals surface area contributed by atoms with Crippen LogP contribution in [0, 0.1) is 12.8 Å². The Bertz CT molecular complexity index is 899. The highest BCUT2D eigenvalue weighted by atomic mass is 32.1. The van der Waals surface area contributed by atoms with Gasteiger partial charge in [0.2, 0.25) is 5.91 Å². The molecule has 0 spiro atoms. The van der Waals surface area contributed by atoms with Crippen molar-refractivity contribution in [1.29, 1.82) is 0 Å². The number of carboxylic acids is 1. The molecule has 1 atom stereocenters. The fourth-order valence-corrected chi connectivity index (χ4v) is 4.80. The number of rotatable bonds is 5. The lowest BCUT2D eigenvalue weighted by atomic mass is 9.98. The second kappa shape index (κ2) is 7.38. The number of nitrogens with zero attached hydrogens (tertiary/aromatic N) is 4. The van der Waals surface area contributed by atoms with Crippen LogP contribution in [0.4, 0.5) is 4.79 Å². The van der Waals surface area contributed by atoms with Crippen molar-refractivity contribution < 1.29 is 19.5 Å². The molecule has 148 valence electrons. The van der Waals surface area contributed by atoms with Crippen molar-refractivity contribution in [3.63, 3.8) is 0 Å². The summed E-state index contributed by atoms with van der Waals surface area (Å²) >= 11 is 1.46. The first-order chi connectivity index (χ1) is 13.5. The van der Waals surface area contributed by atoms with Crippen LogP contribution in [0.5, 0.6) is 0 Å². The first-order valence-corrected chi connectivity index (χ1v) is 10.2. The highest BCUT2D eigenvalue weighted by Crippen LogP contribution is 2.27. The Labute approximate surface area is 166 Å². The van der Waals surface area contributed by atoms with E-state index in [4.69, 9.17) is 0 Å². The van der Waals surface area contributed by atoms with Gasteiger partial charge in [0.1, 0.15) is 11.7 Å². The second-order valence-corrected chi connectivity index (χ2v) is 8.31. The third-order valence-electron chi connectivity index (χ3n) is 5.58. The van der Waals surface area contributed by atoms with Crippen molar-refractivity contribution in [2.75, 3.05) is 13.1 Å². The molecular formula is C19H22N4O4S. The van der Waals surface area contributed by atoms with Crippen LogP contribution < -0.4 is 0 Å². The van der Waals surface area contributed by atoms with E-state index in [-0.39, 0.29) is 24.4 Å². The molecule has 1 saturated heterocycles. The van der Waals surface area contributed by atoms with Crippen LogP contribution in [-0.4, -0.2) is 61.5 Å². The summed E-state index contributed by atoms with van der Waals surface area (Å²) in [7, 11) is 0. The summed E-state index contributed by atoms with van der Waals surface area (Å²) in [5, 5.41) is 11.4. The summed E-state index contributed by atoms with van der Waals surface area (Å²) in [6.07, 6.45) is 3.26. The number of carbonyl (C=O) groups is 3. The lowest BCUT2D eigenvalue weighted by Gasteiger charge is -2.37. The molecule has 4 heterocycles. The molecule has 2 aliphatic heterocycles. The lowest BCUT2D eigenvalue weighted by molar-refractivity contribution is -0.151. The van der Waals surface area contributed by atoms with Crippen molar-refractivity contribution in [3.8, 4) is 0 Å². The van der Waals surface area contributed by atoms with E-state index in [0.717, 1.165) is 10.6 Å². The number of carbonyl (C=O) groups excluding carboxylic acids is 2. The Morgan fingerprint density at radius 2 is 2.11 bits per heavy atom. The van der Waals surface area contributed by atoms with Gasteiger partial charge in [-0.25, -0.2) is 9.78 Å². The van der Waals surface area contributed by atoms with E-state index in [1.165, 1.54) is 11.3 Å². The molecule has 0 unspecified atom stereocenters. The van der Waals surface area contributed by atoms with Crippen molar-refractivity contribution in [3.05, 3.63) is 40.1 Å². The Hall–Kier alpha value is -2.68. The van der Waals surface area contributed by atoms with Gasteiger partial charge in [0, 0.05) is 30.4 Å². The summed E-state index contributed by atoms with van der Waals surface area (Å²) in [5.41, 5.74) is 0.892. The summed E-state index contributed by atoms with van der Waals surface area (Å²) in [4.78, 5) is 45.7. The number of carboxylic acid groups (broad SMARTS) is 1. The standard InChI is InChI=1S/C19H22N4O4S/c1-12-20-10-14-11-22(19(27)23(12)14)13-4-6-21(7-5-13)17(24)16(18(25)26)9-15-3-2-8-28-15/h2-3,8,10,13,16H,4-7,9,11H2,1H3,(H,25,26)/t16-/m1/s1. The Balaban J connectivity index is 1.38. The van der Waals surface area contributed by atoms with Gasteiger partial charge >= 0.3 is 12.0 Å². The van der Waals surface area contributed by atoms with E-state index in [0.29, 0.717) is 38.3 Å². The third-order valence-corrected chi connectivity index (χ3v) is 6.48. The number of aliphatic carboxylic acids is 1. The summed E-state index contributed by atoms with van der Waals surface area (Å²) < 4.78 is 1.64. The first-order valence-electron chi connectivity index (χ1n) is 9.34. The largest absolute Gasteiger partial charge is 0.481 e. The molecule has 1 N–H and O–H groups in total. The minimum absolute atomic E-state index is 0.0522. The average molecular weight is 402 g/mol. The van der Waals surface area contributed by atoms with E-state index >= 15 is 0 Å². The summed E-state index contributed by atoms with van der Waals surface area (Å²) in [6, 6.07) is 3.70. The van der Waals surface area contributed by atoms with Crippen molar-refractivity contribution in [1.82, 2.24) is 19.4 Å². The molecule has 2 aromatic rings. The van der Waals surface area contributed by atoms with Gasteiger partial charge in [-0.15, -0.1) is 11.3 Å². The van der Waals surface area contributed by atoms with E-state index in [9.17, 15) is 19.5 Å². The fourth-order valence-electron chi connectivity index (χ4n) is 4.05. The molecule has 1 fully saturated rings. The number of aryl methyl sites for hydroxylation is 1. The molecule has 0 saturated carbocycles. The smallest absolute Gasteiger partial charge is 0.330 e. The zero-order valence-electron chi connectivity index (χ0n) is 15.6. The zero-order chi connectivity index (χ0) is 19.8. The Kier molecular flexibility index (Phi) is 4.92. The molecule has 2 amide bonds. The SMILES string of the molecule is Cc1ncc2n1C(=O)N(C1CCN(C(=O)[C@@H](Cc3cccs3)C(=O)O)CC1)C2. The minimum Gasteiger partial charge on any atom is -0.481 e. The molecule has 28 heavy (non-hydrogen) atoms. The van der Waals surface area contributed by atoms with Crippen molar-refractivity contribution in [2.24, 2.45) is 5.92 Å². The maximum absolute atomic E-state index is 12.8. The predicted molar refractivity (Wildman–Crippen MR) is 102 cm³/mol. The maximum atomic E-state index is 12.8. The van der Waals surface area contributed by atoms with Crippen LogP contribution in [0.25, 0.3) is 0 Å². The summed E-state index contributed by atoms with van der Waals surface area (Å²) in [5.74, 6) is -1.79. The number of hydrogen-bond acceptors (Lipinski definition) is 5. The number of aromatic nitrogens is 2. The van der Waals surface area contributed by atoms with Gasteiger partial charge in [-0.3, -0.25) is 14.2 Å². The number of likely N-dealkylation sites (tertiary alicyclic amines) is 1. The van der Waals surface area contributed by atoms with Crippen LogP contribution in [-0.2, 0) is 22.6 Å². The van der Waals surface area contributed by atoms with Crippen LogP contribution in [0.2, 0.25) is 0 Å². The van der Waals surface area contributed by atoms with E-state index in [1.54, 1.807) is 15.7 Å². The average Bonchev–Trinajstić information content (AvgIpc) is 3.39. The van der Waals surface area contributed by atoms with Gasteiger partial charge < -0.3 is 14.9 Å². The van der Waals surface area contributed by atoms with Crippen LogP contribution in [0.3, 0.4) is 0 Å². The molecule has 8 nitrogen and oxygen atoms in total. The molecule has 2 aliphatic rings.